The predicted octanol–water partition coefficient (Wildman–Crippen LogP) is 5.40. The average Bonchev–Trinajstić information content (AvgIpc) is 2.80. The number of halogens is 4. The van der Waals surface area contributed by atoms with Gasteiger partial charge in [-0.2, -0.15) is 4.98 Å². The van der Waals surface area contributed by atoms with E-state index >= 15 is 0 Å². The van der Waals surface area contributed by atoms with Crippen LogP contribution >= 0.6 is 23.5 Å². The number of hydrogen-bond acceptors (Lipinski definition) is 8. The molecule has 0 bridgehead atoms. The molecule has 1 atom stereocenters. The summed E-state index contributed by atoms with van der Waals surface area (Å²) in [5.74, 6) is -3.52. The van der Waals surface area contributed by atoms with Crippen molar-refractivity contribution >= 4 is 40.8 Å². The van der Waals surface area contributed by atoms with Gasteiger partial charge in [-0.15, -0.1) is 0 Å². The Kier molecular flexibility index (Phi) is 7.39. The van der Waals surface area contributed by atoms with Crippen LogP contribution in [0.3, 0.4) is 0 Å². The van der Waals surface area contributed by atoms with Crippen LogP contribution in [0.4, 0.5) is 24.7 Å². The van der Waals surface area contributed by atoms with Crippen LogP contribution in [0.1, 0.15) is 18.9 Å². The van der Waals surface area contributed by atoms with E-state index in [2.05, 4.69) is 20.0 Å². The summed E-state index contributed by atoms with van der Waals surface area (Å²) in [7, 11) is 0. The van der Waals surface area contributed by atoms with Crippen LogP contribution < -0.4 is 20.5 Å². The molecule has 184 valence electrons. The quantitative estimate of drug-likeness (QED) is 0.243. The highest BCUT2D eigenvalue weighted by atomic mass is 35.5. The predicted molar refractivity (Wildman–Crippen MR) is 132 cm³/mol. The molecule has 35 heavy (non-hydrogen) atoms. The highest BCUT2D eigenvalue weighted by Crippen LogP contribution is 2.33. The number of hydrogen-bond donors (Lipinski definition) is 4. The van der Waals surface area contributed by atoms with Gasteiger partial charge in [-0.3, -0.25) is 0 Å². The molecule has 1 aromatic heterocycles. The lowest BCUT2D eigenvalue weighted by Gasteiger charge is -2.32. The van der Waals surface area contributed by atoms with Gasteiger partial charge in [0.05, 0.1) is 17.0 Å². The number of nitrogens with zero attached hydrogens (tertiary/aromatic N) is 2. The third-order valence-electron chi connectivity index (χ3n) is 5.26. The maximum atomic E-state index is 14.3. The molecule has 0 spiro atoms. The topological polar surface area (TPSA) is 109 Å². The second-order valence-corrected chi connectivity index (χ2v) is 9.21. The number of nitrogens with two attached hydrogens (primary N) is 1. The first-order chi connectivity index (χ1) is 16.6. The van der Waals surface area contributed by atoms with Crippen molar-refractivity contribution in [3.63, 3.8) is 0 Å². The molecule has 0 unspecified atom stereocenters. The average molecular weight is 523 g/mol. The molecule has 0 radical (unpaired) electrons. The van der Waals surface area contributed by atoms with Crippen LogP contribution in [-0.4, -0.2) is 40.8 Å². The zero-order chi connectivity index (χ0) is 25.2. The number of nitrogens with one attached hydrogen (secondary N) is 3. The fourth-order valence-electron chi connectivity index (χ4n) is 3.47. The zero-order valence-corrected chi connectivity index (χ0v) is 20.1. The fraction of sp³-hybridized carbons (Fsp3) is 0.261. The van der Waals surface area contributed by atoms with E-state index in [1.165, 1.54) is 25.1 Å². The van der Waals surface area contributed by atoms with Crippen molar-refractivity contribution in [3.05, 3.63) is 58.9 Å². The van der Waals surface area contributed by atoms with E-state index in [0.717, 1.165) is 11.9 Å². The highest BCUT2D eigenvalue weighted by Gasteiger charge is 2.44. The maximum Gasteiger partial charge on any atom is 0.296 e. The van der Waals surface area contributed by atoms with Crippen LogP contribution in [0.2, 0.25) is 5.02 Å². The number of piperidine rings is 1. The number of alkyl halides is 2. The summed E-state index contributed by atoms with van der Waals surface area (Å²) in [6.07, 6.45) is -1.33. The van der Waals surface area contributed by atoms with Crippen LogP contribution in [0.15, 0.2) is 47.4 Å². The van der Waals surface area contributed by atoms with Crippen molar-refractivity contribution in [2.45, 2.75) is 30.3 Å². The van der Waals surface area contributed by atoms with E-state index in [9.17, 15) is 13.2 Å². The first kappa shape index (κ1) is 25.1. The molecule has 3 aromatic rings. The minimum absolute atomic E-state index is 0.00567. The van der Waals surface area contributed by atoms with Gasteiger partial charge < -0.3 is 25.9 Å². The fourth-order valence-corrected chi connectivity index (χ4v) is 4.43. The summed E-state index contributed by atoms with van der Waals surface area (Å²) in [5, 5.41) is 11.1. The van der Waals surface area contributed by atoms with Crippen LogP contribution in [-0.2, 0) is 0 Å². The first-order valence-electron chi connectivity index (χ1n) is 10.6. The summed E-state index contributed by atoms with van der Waals surface area (Å²) < 4.78 is 51.2. The molecule has 2 heterocycles. The number of anilines is 2. The van der Waals surface area contributed by atoms with E-state index in [1.54, 1.807) is 24.3 Å². The Bertz CT molecular complexity index is 1240. The Morgan fingerprint density at radius 3 is 2.69 bits per heavy atom. The van der Waals surface area contributed by atoms with Gasteiger partial charge in [0.25, 0.3) is 5.92 Å². The number of nitrogen functional groups attached to an aromatic ring is 1. The lowest BCUT2D eigenvalue weighted by molar-refractivity contribution is -0.110. The van der Waals surface area contributed by atoms with Crippen molar-refractivity contribution in [3.8, 4) is 17.3 Å². The number of aromatic nitrogens is 2. The van der Waals surface area contributed by atoms with Gasteiger partial charge in [-0.1, -0.05) is 11.6 Å². The van der Waals surface area contributed by atoms with Gasteiger partial charge in [-0.25, -0.2) is 18.2 Å². The van der Waals surface area contributed by atoms with Gasteiger partial charge in [-0.05, 0) is 67.9 Å². The molecule has 2 aromatic carbocycles. The van der Waals surface area contributed by atoms with Gasteiger partial charge in [0, 0.05) is 28.4 Å². The number of benzene rings is 2. The molecule has 1 aliphatic heterocycles. The Morgan fingerprint density at radius 2 is 2.00 bits per heavy atom. The molecule has 1 aliphatic rings. The van der Waals surface area contributed by atoms with E-state index in [4.69, 9.17) is 27.5 Å². The van der Waals surface area contributed by atoms with Crippen molar-refractivity contribution in [2.75, 3.05) is 23.5 Å². The molecule has 5 N–H and O–H groups in total. The normalized spacial score (nSPS) is 17.1. The van der Waals surface area contributed by atoms with Crippen molar-refractivity contribution in [1.29, 1.82) is 5.41 Å². The van der Waals surface area contributed by atoms with Gasteiger partial charge in [0.1, 0.15) is 11.6 Å². The molecule has 0 amide bonds. The SMILES string of the molecule is CC(=N)c1c(N)nc(-c2ccc(NSc3cc(Cl)ccc3F)cc2)nc1O[C@@H]1CCNCC1(F)F. The third kappa shape index (κ3) is 5.80. The van der Waals surface area contributed by atoms with E-state index in [0.29, 0.717) is 27.7 Å². The summed E-state index contributed by atoms with van der Waals surface area (Å²) in [6, 6.07) is 11.1. The summed E-state index contributed by atoms with van der Waals surface area (Å²) in [6.45, 7) is 1.33. The second-order valence-electron chi connectivity index (χ2n) is 7.93. The molecule has 7 nitrogen and oxygen atoms in total. The van der Waals surface area contributed by atoms with Crippen molar-refractivity contribution in [2.24, 2.45) is 0 Å². The Labute approximate surface area is 209 Å². The van der Waals surface area contributed by atoms with Crippen LogP contribution in [0.25, 0.3) is 11.4 Å². The van der Waals surface area contributed by atoms with E-state index in [1.807, 2.05) is 0 Å². The maximum absolute atomic E-state index is 14.3. The Morgan fingerprint density at radius 1 is 1.26 bits per heavy atom. The van der Waals surface area contributed by atoms with Gasteiger partial charge >= 0.3 is 0 Å². The molecule has 0 aliphatic carbocycles. The van der Waals surface area contributed by atoms with Gasteiger partial charge in [0.15, 0.2) is 11.9 Å². The Balaban J connectivity index is 1.57. The summed E-state index contributed by atoms with van der Waals surface area (Å²) >= 11 is 6.99. The van der Waals surface area contributed by atoms with Crippen LogP contribution in [0.5, 0.6) is 5.88 Å². The first-order valence-corrected chi connectivity index (χ1v) is 11.8. The monoisotopic (exact) mass is 522 g/mol. The molecular formula is C23H22ClF3N6OS. The third-order valence-corrected chi connectivity index (χ3v) is 6.37. The van der Waals surface area contributed by atoms with Crippen molar-refractivity contribution < 1.29 is 17.9 Å². The van der Waals surface area contributed by atoms with E-state index in [-0.39, 0.29) is 35.2 Å². The van der Waals surface area contributed by atoms with Gasteiger partial charge in [0.2, 0.25) is 5.88 Å². The molecule has 4 rings (SSSR count). The highest BCUT2D eigenvalue weighted by molar-refractivity contribution is 8.00. The standard InChI is InChI=1S/C23H22ClF3N6OS/c1-12(28)19-20(29)31-21(32-22(19)34-18-8-9-30-11-23(18,26)27)13-2-5-15(6-3-13)33-35-17-10-14(24)4-7-16(17)25/h2-7,10,18,28,30,33H,8-9,11H2,1H3,(H2,29,31,32)/t18-/m1/s1. The minimum Gasteiger partial charge on any atom is -0.467 e. The molecule has 0 saturated carbocycles. The Hall–Kier alpha value is -3.02. The minimum atomic E-state index is -3.10. The number of ether oxygens (including phenoxy) is 1. The zero-order valence-electron chi connectivity index (χ0n) is 18.5. The molecule has 1 saturated heterocycles. The lowest BCUT2D eigenvalue weighted by Crippen LogP contribution is -2.52. The molecular weight excluding hydrogens is 501 g/mol. The summed E-state index contributed by atoms with van der Waals surface area (Å²) in [5.41, 5.74) is 7.38. The molecule has 1 fully saturated rings. The molecule has 12 heteroatoms. The van der Waals surface area contributed by atoms with Crippen molar-refractivity contribution in [1.82, 2.24) is 15.3 Å². The lowest BCUT2D eigenvalue weighted by atomic mass is 10.1. The smallest absolute Gasteiger partial charge is 0.296 e. The van der Waals surface area contributed by atoms with Crippen LogP contribution in [0, 0.1) is 11.2 Å². The summed E-state index contributed by atoms with van der Waals surface area (Å²) in [4.78, 5) is 8.93. The van der Waals surface area contributed by atoms with E-state index < -0.39 is 24.4 Å². The largest absolute Gasteiger partial charge is 0.467 e. The second kappa shape index (κ2) is 10.3. The number of rotatable bonds is 7.